The molecule has 6 amide bonds. The van der Waals surface area contributed by atoms with Crippen molar-refractivity contribution in [2.75, 3.05) is 11.4 Å². The number of imide groups is 2. The molecule has 1 aromatic carbocycles. The lowest BCUT2D eigenvalue weighted by molar-refractivity contribution is -0.131. The third-order valence-corrected chi connectivity index (χ3v) is 3.05. The van der Waals surface area contributed by atoms with Crippen molar-refractivity contribution < 1.29 is 19.2 Å². The molecule has 0 aliphatic carbocycles. The molecule has 1 heterocycles. The van der Waals surface area contributed by atoms with Crippen LogP contribution >= 0.6 is 0 Å². The molecule has 2 rings (SSSR count). The zero-order valence-corrected chi connectivity index (χ0v) is 11.3. The molecule has 0 unspecified atom stereocenters. The van der Waals surface area contributed by atoms with Gasteiger partial charge in [-0.1, -0.05) is 18.2 Å². The van der Waals surface area contributed by atoms with Crippen LogP contribution in [-0.2, 0) is 9.59 Å². The molecule has 0 saturated carbocycles. The normalized spacial score (nSPS) is 18.0. The van der Waals surface area contributed by atoms with E-state index in [2.05, 4.69) is 0 Å². The number of rotatable bonds is 3. The van der Waals surface area contributed by atoms with Crippen LogP contribution in [0.1, 0.15) is 6.92 Å². The van der Waals surface area contributed by atoms with Crippen LogP contribution in [0.5, 0.6) is 0 Å². The van der Waals surface area contributed by atoms with Gasteiger partial charge in [0.15, 0.2) is 0 Å². The van der Waals surface area contributed by atoms with Crippen LogP contribution in [0.25, 0.3) is 0 Å². The van der Waals surface area contributed by atoms with Gasteiger partial charge in [0.25, 0.3) is 5.91 Å². The van der Waals surface area contributed by atoms with Gasteiger partial charge in [0.1, 0.15) is 12.6 Å². The van der Waals surface area contributed by atoms with Crippen LogP contribution in [-0.4, -0.2) is 41.4 Å². The minimum atomic E-state index is -1.04. The number of hydrogen-bond donors (Lipinski definition) is 2. The second-order valence-corrected chi connectivity index (χ2v) is 4.50. The molecule has 1 aromatic rings. The molecule has 0 bridgehead atoms. The molecule has 0 spiro atoms. The molecule has 3 N–H and O–H groups in total. The molecule has 1 atom stereocenters. The van der Waals surface area contributed by atoms with Gasteiger partial charge in [0.2, 0.25) is 5.91 Å². The summed E-state index contributed by atoms with van der Waals surface area (Å²) in [6.45, 7) is 1.02. The topological polar surface area (TPSA) is 113 Å². The molecule has 110 valence electrons. The maximum Gasteiger partial charge on any atom is 0.332 e. The molecule has 0 radical (unpaired) electrons. The number of hydrogen-bond acceptors (Lipinski definition) is 4. The first-order valence-electron chi connectivity index (χ1n) is 6.20. The molecule has 1 aliphatic rings. The van der Waals surface area contributed by atoms with E-state index in [1.165, 1.54) is 4.90 Å². The Kier molecular flexibility index (Phi) is 3.88. The van der Waals surface area contributed by atoms with Crippen LogP contribution in [0.15, 0.2) is 30.3 Å². The summed E-state index contributed by atoms with van der Waals surface area (Å²) in [5.74, 6) is -1.32. The Hall–Kier alpha value is -2.90. The Labute approximate surface area is 120 Å². The zero-order chi connectivity index (χ0) is 15.6. The molecule has 1 saturated heterocycles. The lowest BCUT2D eigenvalue weighted by Gasteiger charge is -2.19. The number of nitrogens with zero attached hydrogens (tertiary/aromatic N) is 2. The number of para-hydroxylation sites is 1. The Balaban J connectivity index is 2.19. The van der Waals surface area contributed by atoms with Crippen molar-refractivity contribution in [3.63, 3.8) is 0 Å². The van der Waals surface area contributed by atoms with Gasteiger partial charge in [0, 0.05) is 5.69 Å². The van der Waals surface area contributed by atoms with E-state index in [-0.39, 0.29) is 0 Å². The number of primary amides is 1. The van der Waals surface area contributed by atoms with Crippen molar-refractivity contribution in [2.45, 2.75) is 13.0 Å². The van der Waals surface area contributed by atoms with Crippen LogP contribution < -0.4 is 16.0 Å². The lowest BCUT2D eigenvalue weighted by Crippen LogP contribution is -2.44. The summed E-state index contributed by atoms with van der Waals surface area (Å²) < 4.78 is 0. The monoisotopic (exact) mass is 290 g/mol. The molecule has 21 heavy (non-hydrogen) atoms. The summed E-state index contributed by atoms with van der Waals surface area (Å²) in [5, 5.41) is 1.82. The zero-order valence-electron chi connectivity index (χ0n) is 11.3. The number of amides is 6. The summed E-state index contributed by atoms with van der Waals surface area (Å²) in [7, 11) is 0. The summed E-state index contributed by atoms with van der Waals surface area (Å²) in [5.41, 5.74) is 5.37. The van der Waals surface area contributed by atoms with E-state index >= 15 is 0 Å². The second kappa shape index (κ2) is 5.61. The van der Waals surface area contributed by atoms with Crippen molar-refractivity contribution in [3.05, 3.63) is 30.3 Å². The van der Waals surface area contributed by atoms with Gasteiger partial charge in [-0.3, -0.25) is 24.7 Å². The van der Waals surface area contributed by atoms with E-state index in [1.807, 2.05) is 5.32 Å². The van der Waals surface area contributed by atoms with Crippen LogP contribution in [0.2, 0.25) is 0 Å². The molecule has 1 aliphatic heterocycles. The highest BCUT2D eigenvalue weighted by atomic mass is 16.2. The predicted molar refractivity (Wildman–Crippen MR) is 73.2 cm³/mol. The van der Waals surface area contributed by atoms with E-state index in [1.54, 1.807) is 37.3 Å². The highest BCUT2D eigenvalue weighted by Gasteiger charge is 2.43. The maximum atomic E-state index is 12.3. The largest absolute Gasteiger partial charge is 0.351 e. The molecular formula is C13H14N4O4. The van der Waals surface area contributed by atoms with E-state index < -0.39 is 36.5 Å². The standard InChI is InChI=1S/C13H14N4O4/c1-8-11(19)16(7-10(18)15-12(14)20)13(21)17(8)9-5-3-2-4-6-9/h2-6,8H,7H2,1H3,(H3,14,15,18,20)/t8-/m0/s1. The fourth-order valence-corrected chi connectivity index (χ4v) is 2.11. The lowest BCUT2D eigenvalue weighted by atomic mass is 10.2. The Bertz CT molecular complexity index is 601. The van der Waals surface area contributed by atoms with E-state index in [0.717, 1.165) is 4.90 Å². The molecular weight excluding hydrogens is 276 g/mol. The fourth-order valence-electron chi connectivity index (χ4n) is 2.11. The second-order valence-electron chi connectivity index (χ2n) is 4.50. The number of carbonyl (C=O) groups excluding carboxylic acids is 4. The Morgan fingerprint density at radius 2 is 1.86 bits per heavy atom. The number of nitrogens with one attached hydrogen (secondary N) is 1. The van der Waals surface area contributed by atoms with Crippen molar-refractivity contribution >= 4 is 29.6 Å². The summed E-state index contributed by atoms with van der Waals surface area (Å²) >= 11 is 0. The first-order chi connectivity index (χ1) is 9.91. The third kappa shape index (κ3) is 2.83. The van der Waals surface area contributed by atoms with Gasteiger partial charge in [-0.25, -0.2) is 9.59 Å². The quantitative estimate of drug-likeness (QED) is 0.765. The fraction of sp³-hybridized carbons (Fsp3) is 0.231. The summed E-state index contributed by atoms with van der Waals surface area (Å²) in [6.07, 6.45) is 0. The van der Waals surface area contributed by atoms with Crippen LogP contribution in [0.4, 0.5) is 15.3 Å². The van der Waals surface area contributed by atoms with E-state index in [4.69, 9.17) is 5.73 Å². The Morgan fingerprint density at radius 3 is 2.43 bits per heavy atom. The van der Waals surface area contributed by atoms with Crippen LogP contribution in [0, 0.1) is 0 Å². The Morgan fingerprint density at radius 1 is 1.24 bits per heavy atom. The van der Waals surface area contributed by atoms with E-state index in [9.17, 15) is 19.2 Å². The number of urea groups is 2. The first-order valence-corrected chi connectivity index (χ1v) is 6.20. The average molecular weight is 290 g/mol. The molecule has 1 fully saturated rings. The van der Waals surface area contributed by atoms with Crippen molar-refractivity contribution in [3.8, 4) is 0 Å². The van der Waals surface area contributed by atoms with Gasteiger partial charge in [0.05, 0.1) is 0 Å². The summed E-state index contributed by atoms with van der Waals surface area (Å²) in [4.78, 5) is 48.5. The smallest absolute Gasteiger partial charge is 0.332 e. The number of anilines is 1. The number of nitrogens with two attached hydrogens (primary N) is 1. The van der Waals surface area contributed by atoms with Gasteiger partial charge in [-0.15, -0.1) is 0 Å². The van der Waals surface area contributed by atoms with Gasteiger partial charge in [-0.2, -0.15) is 0 Å². The van der Waals surface area contributed by atoms with Crippen molar-refractivity contribution in [2.24, 2.45) is 5.73 Å². The molecule has 8 heteroatoms. The minimum absolute atomic E-state index is 0.511. The predicted octanol–water partition coefficient (Wildman–Crippen LogP) is 0.0386. The van der Waals surface area contributed by atoms with Crippen molar-refractivity contribution in [1.82, 2.24) is 10.2 Å². The summed E-state index contributed by atoms with van der Waals surface area (Å²) in [6, 6.07) is 6.27. The average Bonchev–Trinajstić information content (AvgIpc) is 2.63. The van der Waals surface area contributed by atoms with E-state index in [0.29, 0.717) is 5.69 Å². The molecule has 0 aromatic heterocycles. The third-order valence-electron chi connectivity index (χ3n) is 3.05. The van der Waals surface area contributed by atoms with Gasteiger partial charge in [-0.05, 0) is 19.1 Å². The first kappa shape index (κ1) is 14.5. The van der Waals surface area contributed by atoms with Gasteiger partial charge >= 0.3 is 12.1 Å². The SMILES string of the molecule is C[C@H]1C(=O)N(CC(=O)NC(N)=O)C(=O)N1c1ccccc1. The van der Waals surface area contributed by atoms with Crippen molar-refractivity contribution in [1.29, 1.82) is 0 Å². The highest BCUT2D eigenvalue weighted by Crippen LogP contribution is 2.25. The van der Waals surface area contributed by atoms with Crippen LogP contribution in [0.3, 0.4) is 0 Å². The molecule has 8 nitrogen and oxygen atoms in total. The number of benzene rings is 1. The maximum absolute atomic E-state index is 12.3. The number of carbonyl (C=O) groups is 4. The van der Waals surface area contributed by atoms with Gasteiger partial charge < -0.3 is 5.73 Å². The highest BCUT2D eigenvalue weighted by molar-refractivity contribution is 6.15. The minimum Gasteiger partial charge on any atom is -0.351 e.